The average molecular weight is 384 g/mol. The van der Waals surface area contributed by atoms with Crippen molar-refractivity contribution in [1.29, 1.82) is 0 Å². The van der Waals surface area contributed by atoms with Crippen molar-refractivity contribution in [2.45, 2.75) is 11.4 Å². The number of nitrogens with two attached hydrogens (primary N) is 1. The largest absolute Gasteiger partial charge is 0.497 e. The number of methoxy groups -OCH3 is 1. The zero-order valence-electron chi connectivity index (χ0n) is 11.7. The number of nitrogen functional groups attached to an aromatic ring is 1. The fourth-order valence-electron chi connectivity index (χ4n) is 1.94. The van der Waals surface area contributed by atoms with Crippen LogP contribution in [0.1, 0.15) is 11.4 Å². The highest BCUT2D eigenvalue weighted by Crippen LogP contribution is 2.30. The van der Waals surface area contributed by atoms with Gasteiger partial charge in [0.25, 0.3) is 0 Å². The molecule has 2 N–H and O–H groups in total. The maximum Gasteiger partial charge on any atom is 0.142 e. The van der Waals surface area contributed by atoms with Crippen LogP contribution in [0.2, 0.25) is 0 Å². The predicted octanol–water partition coefficient (Wildman–Crippen LogP) is 3.08. The fourth-order valence-corrected chi connectivity index (χ4v) is 2.67. The Bertz CT molecular complexity index is 601. The molecule has 0 saturated carbocycles. The molecular weight excluding hydrogens is 367 g/mol. The van der Waals surface area contributed by atoms with Crippen molar-refractivity contribution in [1.82, 2.24) is 9.97 Å². The number of anilines is 3. The lowest BCUT2D eigenvalue weighted by atomic mass is 10.2. The molecule has 106 valence electrons. The summed E-state index contributed by atoms with van der Waals surface area (Å²) in [5.74, 6) is 2.89. The van der Waals surface area contributed by atoms with Gasteiger partial charge in [-0.15, -0.1) is 0 Å². The molecule has 0 aliphatic carbocycles. The van der Waals surface area contributed by atoms with E-state index in [9.17, 15) is 0 Å². The van der Waals surface area contributed by atoms with Crippen molar-refractivity contribution in [3.8, 4) is 5.75 Å². The lowest BCUT2D eigenvalue weighted by molar-refractivity contribution is 0.415. The van der Waals surface area contributed by atoms with Crippen LogP contribution in [0.15, 0.2) is 24.3 Å². The molecule has 0 unspecified atom stereocenters. The summed E-state index contributed by atoms with van der Waals surface area (Å²) in [4.78, 5) is 10.8. The highest BCUT2D eigenvalue weighted by atomic mass is 127. The Hall–Kier alpha value is -1.57. The molecule has 1 aromatic heterocycles. The Kier molecular flexibility index (Phi) is 4.64. The molecule has 6 heteroatoms. The van der Waals surface area contributed by atoms with Crippen LogP contribution < -0.4 is 15.4 Å². The zero-order chi connectivity index (χ0) is 14.7. The monoisotopic (exact) mass is 384 g/mol. The second-order valence-electron chi connectivity index (χ2n) is 4.35. The first-order chi connectivity index (χ1) is 9.56. The van der Waals surface area contributed by atoms with Crippen LogP contribution in [0.3, 0.4) is 0 Å². The summed E-state index contributed by atoms with van der Waals surface area (Å²) in [6, 6.07) is 7.83. The molecule has 0 aliphatic heterocycles. The number of hydrogen-bond acceptors (Lipinski definition) is 5. The number of ether oxygens (including phenoxy) is 1. The Morgan fingerprint density at radius 2 is 1.90 bits per heavy atom. The zero-order valence-corrected chi connectivity index (χ0v) is 13.9. The second kappa shape index (κ2) is 6.25. The van der Waals surface area contributed by atoms with E-state index in [1.807, 2.05) is 43.1 Å². The summed E-state index contributed by atoms with van der Waals surface area (Å²) >= 11 is 2.27. The van der Waals surface area contributed by atoms with Gasteiger partial charge in [0.2, 0.25) is 0 Å². The topological polar surface area (TPSA) is 64.3 Å². The minimum Gasteiger partial charge on any atom is -0.497 e. The number of rotatable bonds is 4. The van der Waals surface area contributed by atoms with Gasteiger partial charge in [0.15, 0.2) is 0 Å². The van der Waals surface area contributed by atoms with Crippen molar-refractivity contribution >= 4 is 39.9 Å². The summed E-state index contributed by atoms with van der Waals surface area (Å²) in [6.45, 7) is 1.85. The van der Waals surface area contributed by atoms with Crippen molar-refractivity contribution in [2.75, 3.05) is 24.8 Å². The van der Waals surface area contributed by atoms with Gasteiger partial charge in [-0.05, 0) is 31.2 Å². The van der Waals surface area contributed by atoms with E-state index >= 15 is 0 Å². The highest BCUT2D eigenvalue weighted by molar-refractivity contribution is 14.1. The molecule has 1 heterocycles. The van der Waals surface area contributed by atoms with E-state index < -0.39 is 0 Å². The van der Waals surface area contributed by atoms with Crippen LogP contribution in [0.25, 0.3) is 0 Å². The standard InChI is InChI=1S/C14H17IN4O/c1-9-17-13(16)12(8-15)14(18-9)19(2)10-4-6-11(20-3)7-5-10/h4-7H,8H2,1-3H3,(H2,16,17,18). The van der Waals surface area contributed by atoms with Gasteiger partial charge in [-0.25, -0.2) is 9.97 Å². The van der Waals surface area contributed by atoms with Crippen molar-refractivity contribution in [3.63, 3.8) is 0 Å². The number of halogens is 1. The van der Waals surface area contributed by atoms with Gasteiger partial charge < -0.3 is 15.4 Å². The van der Waals surface area contributed by atoms with Crippen molar-refractivity contribution in [2.24, 2.45) is 0 Å². The SMILES string of the molecule is COc1ccc(N(C)c2nc(C)nc(N)c2CI)cc1. The van der Waals surface area contributed by atoms with Crippen LogP contribution in [0.4, 0.5) is 17.3 Å². The molecule has 0 aliphatic rings. The highest BCUT2D eigenvalue weighted by Gasteiger charge is 2.15. The molecule has 2 aromatic rings. The van der Waals surface area contributed by atoms with Crippen LogP contribution in [-0.2, 0) is 4.43 Å². The molecule has 0 bridgehead atoms. The van der Waals surface area contributed by atoms with Gasteiger partial charge in [0, 0.05) is 22.7 Å². The Labute approximate surface area is 132 Å². The summed E-state index contributed by atoms with van der Waals surface area (Å²) < 4.78 is 5.94. The number of hydrogen-bond donors (Lipinski definition) is 1. The van der Waals surface area contributed by atoms with E-state index in [1.54, 1.807) is 7.11 Å². The van der Waals surface area contributed by atoms with E-state index in [-0.39, 0.29) is 0 Å². The summed E-state index contributed by atoms with van der Waals surface area (Å²) in [6.07, 6.45) is 0. The van der Waals surface area contributed by atoms with Crippen LogP contribution in [0.5, 0.6) is 5.75 Å². The quantitative estimate of drug-likeness (QED) is 0.649. The Balaban J connectivity index is 2.43. The molecule has 2 rings (SSSR count). The number of benzene rings is 1. The van der Waals surface area contributed by atoms with Crippen LogP contribution in [-0.4, -0.2) is 24.1 Å². The minimum atomic E-state index is 0.544. The maximum atomic E-state index is 5.99. The van der Waals surface area contributed by atoms with E-state index in [0.29, 0.717) is 11.6 Å². The third-order valence-corrected chi connectivity index (χ3v) is 3.80. The third-order valence-electron chi connectivity index (χ3n) is 3.04. The number of nitrogens with zero attached hydrogens (tertiary/aromatic N) is 3. The number of aryl methyl sites for hydroxylation is 1. The molecule has 0 saturated heterocycles. The summed E-state index contributed by atoms with van der Waals surface area (Å²) in [5, 5.41) is 0. The first-order valence-corrected chi connectivity index (χ1v) is 7.66. The van der Waals surface area contributed by atoms with Crippen LogP contribution in [0, 0.1) is 6.92 Å². The second-order valence-corrected chi connectivity index (χ2v) is 5.11. The minimum absolute atomic E-state index is 0.544. The lowest BCUT2D eigenvalue weighted by Crippen LogP contribution is -2.16. The first-order valence-electron chi connectivity index (χ1n) is 6.13. The molecule has 0 amide bonds. The molecular formula is C14H17IN4O. The Morgan fingerprint density at radius 1 is 1.25 bits per heavy atom. The van der Waals surface area contributed by atoms with Gasteiger partial charge in [0.05, 0.1) is 7.11 Å². The van der Waals surface area contributed by atoms with Gasteiger partial charge in [-0.1, -0.05) is 22.6 Å². The van der Waals surface area contributed by atoms with E-state index in [2.05, 4.69) is 32.6 Å². The fraction of sp³-hybridized carbons (Fsp3) is 0.286. The Morgan fingerprint density at radius 3 is 2.45 bits per heavy atom. The van der Waals surface area contributed by atoms with Crippen LogP contribution >= 0.6 is 22.6 Å². The third kappa shape index (κ3) is 2.95. The first kappa shape index (κ1) is 14.8. The van der Waals surface area contributed by atoms with Gasteiger partial charge in [0.1, 0.15) is 23.2 Å². The predicted molar refractivity (Wildman–Crippen MR) is 90.0 cm³/mol. The molecule has 20 heavy (non-hydrogen) atoms. The van der Waals surface area contributed by atoms with Gasteiger partial charge >= 0.3 is 0 Å². The average Bonchev–Trinajstić information content (AvgIpc) is 2.46. The smallest absolute Gasteiger partial charge is 0.142 e. The normalized spacial score (nSPS) is 10.4. The molecule has 0 atom stereocenters. The van der Waals surface area contributed by atoms with E-state index in [0.717, 1.165) is 27.2 Å². The molecule has 0 fully saturated rings. The number of alkyl halides is 1. The van der Waals surface area contributed by atoms with Gasteiger partial charge in [-0.2, -0.15) is 0 Å². The maximum absolute atomic E-state index is 5.99. The van der Waals surface area contributed by atoms with E-state index in [4.69, 9.17) is 10.5 Å². The van der Waals surface area contributed by atoms with Crippen molar-refractivity contribution in [3.05, 3.63) is 35.7 Å². The summed E-state index contributed by atoms with van der Waals surface area (Å²) in [7, 11) is 3.63. The molecule has 0 radical (unpaired) electrons. The van der Waals surface area contributed by atoms with E-state index in [1.165, 1.54) is 0 Å². The molecule has 5 nitrogen and oxygen atoms in total. The lowest BCUT2D eigenvalue weighted by Gasteiger charge is -2.22. The summed E-state index contributed by atoms with van der Waals surface area (Å²) in [5.41, 5.74) is 7.97. The van der Waals surface area contributed by atoms with Crippen molar-refractivity contribution < 1.29 is 4.74 Å². The molecule has 1 aromatic carbocycles. The van der Waals surface area contributed by atoms with Gasteiger partial charge in [-0.3, -0.25) is 0 Å². The molecule has 0 spiro atoms. The number of aromatic nitrogens is 2.